The van der Waals surface area contributed by atoms with Gasteiger partial charge in [-0.2, -0.15) is 10.2 Å². The minimum absolute atomic E-state index is 0.227. The van der Waals surface area contributed by atoms with E-state index in [-0.39, 0.29) is 18.0 Å². The summed E-state index contributed by atoms with van der Waals surface area (Å²) in [5.74, 6) is 0.814. The largest absolute Gasteiger partial charge is 0.463 e. The molecule has 0 radical (unpaired) electrons. The van der Waals surface area contributed by atoms with Gasteiger partial charge in [0.2, 0.25) is 5.88 Å². The lowest BCUT2D eigenvalue weighted by molar-refractivity contribution is -0.121. The van der Waals surface area contributed by atoms with Gasteiger partial charge in [-0.05, 0) is 77.9 Å². The Labute approximate surface area is 302 Å². The zero-order chi connectivity index (χ0) is 36.8. The first kappa shape index (κ1) is 37.3. The van der Waals surface area contributed by atoms with Crippen molar-refractivity contribution in [1.29, 1.82) is 0 Å². The number of halogens is 1. The third kappa shape index (κ3) is 9.63. The predicted molar refractivity (Wildman–Crippen MR) is 189 cm³/mol. The van der Waals surface area contributed by atoms with Crippen LogP contribution in [-0.4, -0.2) is 94.7 Å². The quantitative estimate of drug-likeness (QED) is 0.203. The Balaban J connectivity index is 0.000000164. The highest BCUT2D eigenvalue weighted by Gasteiger charge is 2.46. The zero-order valence-electron chi connectivity index (χ0n) is 29.9. The number of Topliss-reactive ketones (excluding diaryl/α,β-unsaturated/α-hetero) is 1. The summed E-state index contributed by atoms with van der Waals surface area (Å²) in [5, 5.41) is 8.94. The molecule has 7 rings (SSSR count). The molecule has 0 bridgehead atoms. The van der Waals surface area contributed by atoms with Crippen LogP contribution in [-0.2, 0) is 19.9 Å². The molecule has 0 unspecified atom stereocenters. The van der Waals surface area contributed by atoms with E-state index >= 15 is 0 Å². The normalized spacial score (nSPS) is 16.3. The van der Waals surface area contributed by atoms with Crippen molar-refractivity contribution in [2.24, 2.45) is 0 Å². The molecule has 0 N–H and O–H groups in total. The van der Waals surface area contributed by atoms with Gasteiger partial charge in [0, 0.05) is 82.8 Å². The van der Waals surface area contributed by atoms with Crippen LogP contribution < -0.4 is 4.74 Å². The summed E-state index contributed by atoms with van der Waals surface area (Å²) in [6.45, 7) is 13.3. The second-order valence-corrected chi connectivity index (χ2v) is 14.6. The van der Waals surface area contributed by atoms with Crippen LogP contribution in [0.1, 0.15) is 72.9 Å². The maximum Gasteiger partial charge on any atom is 0.410 e. The van der Waals surface area contributed by atoms with Gasteiger partial charge in [-0.25, -0.2) is 28.9 Å². The fourth-order valence-corrected chi connectivity index (χ4v) is 5.87. The Bertz CT molecular complexity index is 1800. The molecule has 2 amide bonds. The van der Waals surface area contributed by atoms with E-state index in [1.165, 1.54) is 0 Å². The minimum atomic E-state index is -0.504. The standard InChI is InChI=1S/C18H22N4O3.C10H17NO3.C8H6ClN3/c1-17(2,3)25-16(23)21-11-7-18(8-12-21)14-6-10-20-22(14)13-5-4-9-19-15(13)24-18;1-10(2,3)14-9(13)11-6-4-8(12)5-7-11;9-8-7(3-1-4-10-8)12-6-2-5-11-12/h4-6,9-10H,7-8,11-12H2,1-3H3;4-7H2,1-3H3;1-6H. The first-order valence-corrected chi connectivity index (χ1v) is 17.3. The average Bonchev–Trinajstić information content (AvgIpc) is 3.79. The highest BCUT2D eigenvalue weighted by molar-refractivity contribution is 6.31. The molecule has 0 atom stereocenters. The Morgan fingerprint density at radius 3 is 1.92 bits per heavy atom. The molecule has 0 saturated carbocycles. The topological polar surface area (TPSA) is 147 Å². The number of rotatable bonds is 1. The number of ether oxygens (including phenoxy) is 3. The van der Waals surface area contributed by atoms with Gasteiger partial charge in [0.1, 0.15) is 28.4 Å². The number of pyridine rings is 2. The molecule has 3 aliphatic rings. The Morgan fingerprint density at radius 2 is 1.35 bits per heavy atom. The molecule has 4 aromatic heterocycles. The van der Waals surface area contributed by atoms with E-state index in [2.05, 4.69) is 20.2 Å². The molecule has 7 heterocycles. The minimum Gasteiger partial charge on any atom is -0.463 e. The fourth-order valence-electron chi connectivity index (χ4n) is 5.66. The monoisotopic (exact) mass is 720 g/mol. The van der Waals surface area contributed by atoms with E-state index < -0.39 is 16.8 Å². The SMILES string of the molecule is CC(C)(C)OC(=O)N1CCC(=O)CC1.CC(C)(C)OC(=O)N1CCC2(CC1)Oc1ncccc1-n1nccc12.Clc1ncccc1-n1cccn1. The van der Waals surface area contributed by atoms with Crippen LogP contribution in [0.15, 0.2) is 67.4 Å². The number of piperidine rings is 2. The van der Waals surface area contributed by atoms with Gasteiger partial charge >= 0.3 is 12.2 Å². The first-order valence-electron chi connectivity index (χ1n) is 16.9. The lowest BCUT2D eigenvalue weighted by atomic mass is 9.87. The number of carbonyl (C=O) groups is 3. The number of amides is 2. The molecule has 272 valence electrons. The third-order valence-electron chi connectivity index (χ3n) is 8.07. The summed E-state index contributed by atoms with van der Waals surface area (Å²) in [6, 6.07) is 11.3. The van der Waals surface area contributed by atoms with Gasteiger partial charge < -0.3 is 24.0 Å². The molecule has 0 aliphatic carbocycles. The smallest absolute Gasteiger partial charge is 0.410 e. The Morgan fingerprint density at radius 1 is 0.765 bits per heavy atom. The van der Waals surface area contributed by atoms with Crippen LogP contribution >= 0.6 is 11.6 Å². The van der Waals surface area contributed by atoms with Crippen molar-refractivity contribution in [2.75, 3.05) is 26.2 Å². The van der Waals surface area contributed by atoms with Crippen LogP contribution in [0.5, 0.6) is 5.88 Å². The lowest BCUT2D eigenvalue weighted by Gasteiger charge is -2.43. The van der Waals surface area contributed by atoms with Crippen LogP contribution in [0.2, 0.25) is 5.15 Å². The van der Waals surface area contributed by atoms with E-state index in [4.69, 9.17) is 25.8 Å². The summed E-state index contributed by atoms with van der Waals surface area (Å²) < 4.78 is 20.6. The lowest BCUT2D eigenvalue weighted by Crippen LogP contribution is -2.51. The van der Waals surface area contributed by atoms with Gasteiger partial charge in [-0.3, -0.25) is 4.79 Å². The zero-order valence-corrected chi connectivity index (χ0v) is 30.7. The van der Waals surface area contributed by atoms with E-state index in [1.54, 1.807) is 39.3 Å². The van der Waals surface area contributed by atoms with Crippen molar-refractivity contribution >= 4 is 29.6 Å². The van der Waals surface area contributed by atoms with Gasteiger partial charge in [0.15, 0.2) is 10.8 Å². The molecule has 14 nitrogen and oxygen atoms in total. The van der Waals surface area contributed by atoms with Crippen LogP contribution in [0.3, 0.4) is 0 Å². The number of carbonyl (C=O) groups excluding carboxylic acids is 3. The van der Waals surface area contributed by atoms with Gasteiger partial charge in [-0.15, -0.1) is 0 Å². The van der Waals surface area contributed by atoms with Crippen molar-refractivity contribution in [2.45, 2.75) is 84.0 Å². The molecule has 51 heavy (non-hydrogen) atoms. The summed E-state index contributed by atoms with van der Waals surface area (Å²) in [4.78, 5) is 46.4. The summed E-state index contributed by atoms with van der Waals surface area (Å²) in [5.41, 5.74) is 1.20. The molecule has 3 aliphatic heterocycles. The Hall–Kier alpha value is -4.98. The van der Waals surface area contributed by atoms with Crippen molar-refractivity contribution in [1.82, 2.24) is 39.3 Å². The van der Waals surface area contributed by atoms with Crippen molar-refractivity contribution < 1.29 is 28.6 Å². The Kier molecular flexibility index (Phi) is 11.3. The molecule has 1 spiro atoms. The molecular weight excluding hydrogens is 676 g/mol. The molecule has 2 saturated heterocycles. The molecule has 4 aromatic rings. The van der Waals surface area contributed by atoms with Crippen LogP contribution in [0.25, 0.3) is 11.4 Å². The van der Waals surface area contributed by atoms with Gasteiger partial charge in [0.05, 0.1) is 5.69 Å². The number of hydrogen-bond donors (Lipinski definition) is 0. The summed E-state index contributed by atoms with van der Waals surface area (Å²) >= 11 is 5.84. The number of likely N-dealkylation sites (tertiary alicyclic amines) is 2. The van der Waals surface area contributed by atoms with Crippen LogP contribution in [0.4, 0.5) is 9.59 Å². The van der Waals surface area contributed by atoms with Gasteiger partial charge in [0.25, 0.3) is 0 Å². The maximum atomic E-state index is 12.3. The number of ketones is 1. The highest BCUT2D eigenvalue weighted by atomic mass is 35.5. The number of fused-ring (bicyclic) bond motifs is 4. The molecule has 2 fully saturated rings. The summed E-state index contributed by atoms with van der Waals surface area (Å²) in [7, 11) is 0. The summed E-state index contributed by atoms with van der Waals surface area (Å²) in [6.07, 6.45) is 10.3. The molecule has 15 heteroatoms. The maximum absolute atomic E-state index is 12.3. The average molecular weight is 721 g/mol. The number of nitrogens with zero attached hydrogens (tertiary/aromatic N) is 8. The first-order chi connectivity index (χ1) is 24.1. The van der Waals surface area contributed by atoms with E-state index in [0.29, 0.717) is 62.9 Å². The van der Waals surface area contributed by atoms with Crippen LogP contribution in [0, 0.1) is 0 Å². The van der Waals surface area contributed by atoms with E-state index in [1.807, 2.05) is 88.8 Å². The molecular formula is C36H45ClN8O6. The second kappa shape index (κ2) is 15.5. The van der Waals surface area contributed by atoms with E-state index in [9.17, 15) is 14.4 Å². The molecule has 0 aromatic carbocycles. The van der Waals surface area contributed by atoms with Gasteiger partial charge in [-0.1, -0.05) is 11.6 Å². The van der Waals surface area contributed by atoms with Crippen molar-refractivity contribution in [3.8, 4) is 17.3 Å². The van der Waals surface area contributed by atoms with Crippen molar-refractivity contribution in [3.63, 3.8) is 0 Å². The van der Waals surface area contributed by atoms with E-state index in [0.717, 1.165) is 17.1 Å². The number of hydrogen-bond acceptors (Lipinski definition) is 10. The number of aromatic nitrogens is 6. The fraction of sp³-hybridized carbons (Fsp3) is 0.472. The predicted octanol–water partition coefficient (Wildman–Crippen LogP) is 6.39. The highest BCUT2D eigenvalue weighted by Crippen LogP contribution is 2.43. The van der Waals surface area contributed by atoms with Crippen molar-refractivity contribution in [3.05, 3.63) is 78.2 Å². The second-order valence-electron chi connectivity index (χ2n) is 14.3. The third-order valence-corrected chi connectivity index (χ3v) is 8.36.